The van der Waals surface area contributed by atoms with Crippen molar-refractivity contribution in [3.63, 3.8) is 0 Å². The minimum atomic E-state index is -0.513. The Morgan fingerprint density at radius 3 is 1.24 bits per heavy atom. The Bertz CT molecular complexity index is 3420. The second kappa shape index (κ2) is 17.0. The van der Waals surface area contributed by atoms with E-state index in [0.717, 1.165) is 44.8 Å². The molecule has 2 heteroatoms. The highest BCUT2D eigenvalue weighted by Crippen LogP contribution is 2.58. The smallest absolute Gasteiger partial charge is 0.160 e. The standard InChI is InChI=1S/C65H44N2/c1-6-19-45(20-7-1)46-33-37-48(38-34-46)57-42-59-56-31-16-17-32-60(56)65(54-27-12-4-13-28-54,55-29-14-5-15-30-55)61(59)43-58(57)49-39-35-47(36-40-49)52-25-18-26-53(41-52)63-44-62(50-21-8-2-9-22-50)66-64(67-63)51-23-10-3-11-24-51/h1-44H. The van der Waals surface area contributed by atoms with Crippen LogP contribution in [0.3, 0.4) is 0 Å². The van der Waals surface area contributed by atoms with Gasteiger partial charge in [-0.2, -0.15) is 0 Å². The van der Waals surface area contributed by atoms with E-state index in [-0.39, 0.29) is 0 Å². The minimum Gasteiger partial charge on any atom is -0.228 e. The van der Waals surface area contributed by atoms with Gasteiger partial charge in [0.05, 0.1) is 16.8 Å². The van der Waals surface area contributed by atoms with E-state index in [1.807, 2.05) is 24.3 Å². The van der Waals surface area contributed by atoms with Crippen molar-refractivity contribution in [2.45, 2.75) is 5.41 Å². The normalized spacial score (nSPS) is 12.3. The summed E-state index contributed by atoms with van der Waals surface area (Å²) in [4.78, 5) is 10.2. The van der Waals surface area contributed by atoms with Gasteiger partial charge in [0.1, 0.15) is 0 Å². The van der Waals surface area contributed by atoms with Crippen molar-refractivity contribution in [2.24, 2.45) is 0 Å². The van der Waals surface area contributed by atoms with Crippen molar-refractivity contribution in [2.75, 3.05) is 0 Å². The molecule has 0 aliphatic heterocycles. The molecule has 0 spiro atoms. The Balaban J connectivity index is 1.00. The fourth-order valence-electron chi connectivity index (χ4n) is 10.2. The zero-order valence-electron chi connectivity index (χ0n) is 36.8. The number of hydrogen-bond donors (Lipinski definition) is 0. The van der Waals surface area contributed by atoms with Crippen LogP contribution in [-0.2, 0) is 5.41 Å². The molecule has 0 radical (unpaired) electrons. The summed E-state index contributed by atoms with van der Waals surface area (Å²) in [7, 11) is 0. The lowest BCUT2D eigenvalue weighted by Gasteiger charge is -2.34. The summed E-state index contributed by atoms with van der Waals surface area (Å²) in [6.07, 6.45) is 0. The molecule has 314 valence electrons. The fraction of sp³-hybridized carbons (Fsp3) is 0.0154. The summed E-state index contributed by atoms with van der Waals surface area (Å²) < 4.78 is 0. The number of benzene rings is 10. The molecule has 0 N–H and O–H groups in total. The molecule has 10 aromatic carbocycles. The lowest BCUT2D eigenvalue weighted by atomic mass is 9.67. The minimum absolute atomic E-state index is 0.513. The maximum absolute atomic E-state index is 5.14. The number of rotatable bonds is 9. The molecule has 1 heterocycles. The van der Waals surface area contributed by atoms with Crippen LogP contribution in [0.5, 0.6) is 0 Å². The second-order valence-corrected chi connectivity index (χ2v) is 17.3. The molecule has 1 aromatic heterocycles. The zero-order chi connectivity index (χ0) is 44.6. The van der Waals surface area contributed by atoms with Gasteiger partial charge in [-0.15, -0.1) is 0 Å². The third-order valence-corrected chi connectivity index (χ3v) is 13.4. The lowest BCUT2D eigenvalue weighted by Crippen LogP contribution is -2.28. The third kappa shape index (κ3) is 7.17. The summed E-state index contributed by atoms with van der Waals surface area (Å²) >= 11 is 0. The average molecular weight is 853 g/mol. The monoisotopic (exact) mass is 852 g/mol. The van der Waals surface area contributed by atoms with Crippen LogP contribution in [0.4, 0.5) is 0 Å². The first kappa shape index (κ1) is 39.8. The first-order valence-electron chi connectivity index (χ1n) is 23.0. The van der Waals surface area contributed by atoms with Crippen molar-refractivity contribution < 1.29 is 0 Å². The molecule has 0 saturated heterocycles. The van der Waals surface area contributed by atoms with Crippen LogP contribution in [-0.4, -0.2) is 9.97 Å². The van der Waals surface area contributed by atoms with Gasteiger partial charge in [0, 0.05) is 16.7 Å². The molecule has 0 unspecified atom stereocenters. The molecule has 0 bridgehead atoms. The van der Waals surface area contributed by atoms with E-state index < -0.39 is 5.41 Å². The maximum atomic E-state index is 5.14. The number of fused-ring (bicyclic) bond motifs is 3. The predicted molar refractivity (Wildman–Crippen MR) is 277 cm³/mol. The fourth-order valence-corrected chi connectivity index (χ4v) is 10.2. The van der Waals surface area contributed by atoms with Crippen LogP contribution in [0.15, 0.2) is 267 Å². The van der Waals surface area contributed by atoms with Gasteiger partial charge in [0.2, 0.25) is 0 Å². The van der Waals surface area contributed by atoms with Crippen molar-refractivity contribution in [1.29, 1.82) is 0 Å². The van der Waals surface area contributed by atoms with Crippen LogP contribution in [0.25, 0.3) is 89.5 Å². The predicted octanol–water partition coefficient (Wildman–Crippen LogP) is 16.5. The first-order valence-corrected chi connectivity index (χ1v) is 23.0. The van der Waals surface area contributed by atoms with Gasteiger partial charge in [-0.1, -0.05) is 243 Å². The van der Waals surface area contributed by atoms with Gasteiger partial charge in [0.15, 0.2) is 5.82 Å². The molecule has 0 fully saturated rings. The van der Waals surface area contributed by atoms with E-state index in [2.05, 4.69) is 243 Å². The zero-order valence-corrected chi connectivity index (χ0v) is 36.8. The van der Waals surface area contributed by atoms with Crippen molar-refractivity contribution in [3.8, 4) is 89.5 Å². The Labute approximate surface area is 392 Å². The first-order chi connectivity index (χ1) is 33.2. The Hall–Kier alpha value is -8.72. The van der Waals surface area contributed by atoms with Crippen LogP contribution in [0.2, 0.25) is 0 Å². The Morgan fingerprint density at radius 1 is 0.224 bits per heavy atom. The van der Waals surface area contributed by atoms with Gasteiger partial charge < -0.3 is 0 Å². The lowest BCUT2D eigenvalue weighted by molar-refractivity contribution is 0.769. The topological polar surface area (TPSA) is 25.8 Å². The largest absolute Gasteiger partial charge is 0.228 e. The highest BCUT2D eigenvalue weighted by molar-refractivity contribution is 5.95. The number of aromatic nitrogens is 2. The SMILES string of the molecule is c1ccc(-c2ccc(-c3cc4c(cc3-c3ccc(-c5cccc(-c6cc(-c7ccccc7)nc(-c7ccccc7)n6)c5)cc3)C(c3ccccc3)(c3ccccc3)c3ccccc3-4)cc2)cc1. The molecule has 11 aromatic rings. The summed E-state index contributed by atoms with van der Waals surface area (Å²) in [5.74, 6) is 0.707. The molecule has 0 amide bonds. The van der Waals surface area contributed by atoms with Crippen molar-refractivity contribution in [3.05, 3.63) is 289 Å². The van der Waals surface area contributed by atoms with Gasteiger partial charge in [-0.25, -0.2) is 9.97 Å². The van der Waals surface area contributed by atoms with Gasteiger partial charge in [-0.3, -0.25) is 0 Å². The van der Waals surface area contributed by atoms with E-state index >= 15 is 0 Å². The number of nitrogens with zero attached hydrogens (tertiary/aromatic N) is 2. The molecule has 67 heavy (non-hydrogen) atoms. The Morgan fingerprint density at radius 2 is 0.642 bits per heavy atom. The molecular formula is C65H44N2. The average Bonchev–Trinajstić information content (AvgIpc) is 3.72. The van der Waals surface area contributed by atoms with Crippen LogP contribution < -0.4 is 0 Å². The highest BCUT2D eigenvalue weighted by Gasteiger charge is 2.46. The van der Waals surface area contributed by atoms with E-state index in [1.165, 1.54) is 61.2 Å². The van der Waals surface area contributed by atoms with E-state index in [4.69, 9.17) is 9.97 Å². The van der Waals surface area contributed by atoms with Crippen molar-refractivity contribution in [1.82, 2.24) is 9.97 Å². The van der Waals surface area contributed by atoms with Gasteiger partial charge in [0.25, 0.3) is 0 Å². The molecule has 1 aliphatic carbocycles. The van der Waals surface area contributed by atoms with E-state index in [9.17, 15) is 0 Å². The van der Waals surface area contributed by atoms with Crippen LogP contribution in [0.1, 0.15) is 22.3 Å². The third-order valence-electron chi connectivity index (χ3n) is 13.4. The summed E-state index contributed by atoms with van der Waals surface area (Å²) in [5.41, 5.74) is 21.4. The summed E-state index contributed by atoms with van der Waals surface area (Å²) in [5, 5.41) is 0. The molecule has 0 atom stereocenters. The Kier molecular flexibility index (Phi) is 10.1. The van der Waals surface area contributed by atoms with Crippen LogP contribution >= 0.6 is 0 Å². The summed E-state index contributed by atoms with van der Waals surface area (Å²) in [6.45, 7) is 0. The molecular weight excluding hydrogens is 809 g/mol. The number of hydrogen-bond acceptors (Lipinski definition) is 2. The highest BCUT2D eigenvalue weighted by atomic mass is 14.9. The summed E-state index contributed by atoms with van der Waals surface area (Å²) in [6, 6.07) is 96.3. The van der Waals surface area contributed by atoms with Crippen LogP contribution in [0, 0.1) is 0 Å². The maximum Gasteiger partial charge on any atom is 0.160 e. The quantitative estimate of drug-likeness (QED) is 0.145. The van der Waals surface area contributed by atoms with Gasteiger partial charge in [-0.05, 0) is 102 Å². The molecule has 0 saturated carbocycles. The molecule has 1 aliphatic rings. The van der Waals surface area contributed by atoms with Crippen molar-refractivity contribution >= 4 is 0 Å². The molecule has 2 nitrogen and oxygen atoms in total. The second-order valence-electron chi connectivity index (χ2n) is 17.3. The van der Waals surface area contributed by atoms with E-state index in [0.29, 0.717) is 5.82 Å². The molecule has 12 rings (SSSR count). The van der Waals surface area contributed by atoms with Gasteiger partial charge >= 0.3 is 0 Å². The van der Waals surface area contributed by atoms with E-state index in [1.54, 1.807) is 0 Å².